The van der Waals surface area contributed by atoms with E-state index in [1.807, 2.05) is 0 Å². The zero-order valence-electron chi connectivity index (χ0n) is 7.10. The van der Waals surface area contributed by atoms with Crippen LogP contribution in [0.4, 0.5) is 0 Å². The van der Waals surface area contributed by atoms with Crippen molar-refractivity contribution in [3.8, 4) is 0 Å². The first-order chi connectivity index (χ1) is 6.11. The number of nitrogens with two attached hydrogens (primary N) is 1. The maximum atomic E-state index is 11.3. The Morgan fingerprint density at radius 1 is 1.62 bits per heavy atom. The summed E-state index contributed by atoms with van der Waals surface area (Å²) in [5, 5.41) is 8.39. The number of amides is 1. The number of hydrogen-bond donors (Lipinski definition) is 2. The van der Waals surface area contributed by atoms with Crippen molar-refractivity contribution in [2.45, 2.75) is 12.5 Å². The van der Waals surface area contributed by atoms with Gasteiger partial charge in [-0.25, -0.2) is 0 Å². The Morgan fingerprint density at radius 3 is 2.77 bits per heavy atom. The fourth-order valence-electron chi connectivity index (χ4n) is 1.10. The third-order valence-corrected chi connectivity index (χ3v) is 1.78. The number of carboxylic acid groups (broad SMARTS) is 1. The van der Waals surface area contributed by atoms with Crippen LogP contribution in [0.3, 0.4) is 0 Å². The number of carbonyl (C=O) groups excluding carboxylic acids is 1. The zero-order chi connectivity index (χ0) is 9.84. The third-order valence-electron chi connectivity index (χ3n) is 1.78. The molecule has 0 aromatic heterocycles. The highest BCUT2D eigenvalue weighted by molar-refractivity contribution is 5.85. The average Bonchev–Trinajstić information content (AvgIpc) is 2.53. The summed E-state index contributed by atoms with van der Waals surface area (Å²) < 4.78 is 4.94. The van der Waals surface area contributed by atoms with Crippen molar-refractivity contribution in [2.24, 2.45) is 5.73 Å². The van der Waals surface area contributed by atoms with Gasteiger partial charge in [0.05, 0.1) is 19.1 Å². The molecule has 74 valence electrons. The van der Waals surface area contributed by atoms with E-state index in [9.17, 15) is 9.59 Å². The normalized spacial score (nSPS) is 18.7. The van der Waals surface area contributed by atoms with Gasteiger partial charge in [-0.1, -0.05) is 0 Å². The number of nitrogens with zero attached hydrogens (tertiary/aromatic N) is 1. The van der Waals surface area contributed by atoms with Gasteiger partial charge in [0.15, 0.2) is 0 Å². The van der Waals surface area contributed by atoms with E-state index >= 15 is 0 Å². The summed E-state index contributed by atoms with van der Waals surface area (Å²) in [5.74, 6) is -1.43. The first-order valence-electron chi connectivity index (χ1n) is 3.95. The standard InChI is InChI=1S/C7H12N2O4/c8-5(3-6(10)11)7(12)9-1-2-13-4-9/h5H,1-4,8H2,(H,10,11)/t5-/m0/s1. The molecular formula is C7H12N2O4. The molecule has 1 heterocycles. The fraction of sp³-hybridized carbons (Fsp3) is 0.714. The molecule has 1 atom stereocenters. The van der Waals surface area contributed by atoms with Crippen molar-refractivity contribution in [3.63, 3.8) is 0 Å². The van der Waals surface area contributed by atoms with E-state index < -0.39 is 12.0 Å². The topological polar surface area (TPSA) is 92.9 Å². The van der Waals surface area contributed by atoms with Gasteiger partial charge in [0, 0.05) is 6.54 Å². The molecule has 0 radical (unpaired) electrons. The molecule has 1 saturated heterocycles. The molecule has 1 aliphatic rings. The quantitative estimate of drug-likeness (QED) is 0.568. The van der Waals surface area contributed by atoms with E-state index in [0.29, 0.717) is 13.2 Å². The van der Waals surface area contributed by atoms with E-state index in [1.165, 1.54) is 4.90 Å². The Hall–Kier alpha value is -1.14. The maximum absolute atomic E-state index is 11.3. The number of rotatable bonds is 3. The van der Waals surface area contributed by atoms with Gasteiger partial charge in [0.2, 0.25) is 5.91 Å². The number of carbonyl (C=O) groups is 2. The lowest BCUT2D eigenvalue weighted by atomic mass is 10.2. The molecule has 0 unspecified atom stereocenters. The summed E-state index contributed by atoms with van der Waals surface area (Å²) in [4.78, 5) is 23.0. The Bertz CT molecular complexity index is 213. The molecule has 1 amide bonds. The van der Waals surface area contributed by atoms with Gasteiger partial charge in [-0.15, -0.1) is 0 Å². The second kappa shape index (κ2) is 4.20. The van der Waals surface area contributed by atoms with Crippen LogP contribution in [-0.4, -0.2) is 47.8 Å². The minimum absolute atomic E-state index is 0.214. The van der Waals surface area contributed by atoms with Gasteiger partial charge in [-0.2, -0.15) is 0 Å². The third kappa shape index (κ3) is 2.67. The number of hydrogen-bond acceptors (Lipinski definition) is 4. The second-order valence-electron chi connectivity index (χ2n) is 2.84. The molecule has 0 bridgehead atoms. The SMILES string of the molecule is N[C@@H](CC(=O)O)C(=O)N1CCOC1. The van der Waals surface area contributed by atoms with E-state index in [4.69, 9.17) is 15.6 Å². The minimum atomic E-state index is -1.07. The van der Waals surface area contributed by atoms with Gasteiger partial charge in [-0.05, 0) is 0 Å². The summed E-state index contributed by atoms with van der Waals surface area (Å²) >= 11 is 0. The monoisotopic (exact) mass is 188 g/mol. The van der Waals surface area contributed by atoms with Crippen LogP contribution >= 0.6 is 0 Å². The van der Waals surface area contributed by atoms with Crippen molar-refractivity contribution >= 4 is 11.9 Å². The number of ether oxygens (including phenoxy) is 1. The molecular weight excluding hydrogens is 176 g/mol. The van der Waals surface area contributed by atoms with Crippen molar-refractivity contribution in [2.75, 3.05) is 19.9 Å². The molecule has 1 aliphatic heterocycles. The van der Waals surface area contributed by atoms with Crippen LogP contribution in [0.2, 0.25) is 0 Å². The maximum Gasteiger partial charge on any atom is 0.305 e. The Balaban J connectivity index is 2.41. The Morgan fingerprint density at radius 2 is 2.31 bits per heavy atom. The van der Waals surface area contributed by atoms with Gasteiger partial charge in [0.1, 0.15) is 6.73 Å². The summed E-state index contributed by atoms with van der Waals surface area (Å²) in [6.07, 6.45) is -0.338. The van der Waals surface area contributed by atoms with E-state index in [-0.39, 0.29) is 19.1 Å². The first kappa shape index (κ1) is 9.94. The molecule has 13 heavy (non-hydrogen) atoms. The van der Waals surface area contributed by atoms with Crippen LogP contribution < -0.4 is 5.73 Å². The van der Waals surface area contributed by atoms with Crippen LogP contribution in [-0.2, 0) is 14.3 Å². The van der Waals surface area contributed by atoms with Crippen molar-refractivity contribution in [3.05, 3.63) is 0 Å². The van der Waals surface area contributed by atoms with Gasteiger partial charge in [-0.3, -0.25) is 9.59 Å². The largest absolute Gasteiger partial charge is 0.481 e. The smallest absolute Gasteiger partial charge is 0.305 e. The van der Waals surface area contributed by atoms with E-state index in [0.717, 1.165) is 0 Å². The zero-order valence-corrected chi connectivity index (χ0v) is 7.10. The Labute approximate surface area is 75.3 Å². The summed E-state index contributed by atoms with van der Waals surface area (Å²) in [7, 11) is 0. The number of aliphatic carboxylic acids is 1. The van der Waals surface area contributed by atoms with Crippen LogP contribution in [0.25, 0.3) is 0 Å². The lowest BCUT2D eigenvalue weighted by Crippen LogP contribution is -2.43. The molecule has 0 saturated carbocycles. The molecule has 3 N–H and O–H groups in total. The highest BCUT2D eigenvalue weighted by Gasteiger charge is 2.25. The molecule has 6 nitrogen and oxygen atoms in total. The molecule has 0 aromatic carbocycles. The molecule has 0 spiro atoms. The number of carboxylic acids is 1. The highest BCUT2D eigenvalue weighted by atomic mass is 16.5. The Kier molecular flexibility index (Phi) is 3.21. The second-order valence-corrected chi connectivity index (χ2v) is 2.84. The van der Waals surface area contributed by atoms with Crippen molar-refractivity contribution in [1.29, 1.82) is 0 Å². The van der Waals surface area contributed by atoms with Crippen LogP contribution in [0.15, 0.2) is 0 Å². The molecule has 0 aliphatic carbocycles. The van der Waals surface area contributed by atoms with Crippen molar-refractivity contribution in [1.82, 2.24) is 4.90 Å². The summed E-state index contributed by atoms with van der Waals surface area (Å²) in [5.41, 5.74) is 5.37. The van der Waals surface area contributed by atoms with Crippen molar-refractivity contribution < 1.29 is 19.4 Å². The highest BCUT2D eigenvalue weighted by Crippen LogP contribution is 2.03. The minimum Gasteiger partial charge on any atom is -0.481 e. The summed E-state index contributed by atoms with van der Waals surface area (Å²) in [6.45, 7) is 1.20. The molecule has 1 rings (SSSR count). The predicted molar refractivity (Wildman–Crippen MR) is 42.8 cm³/mol. The van der Waals surface area contributed by atoms with Gasteiger partial charge < -0.3 is 20.5 Å². The lowest BCUT2D eigenvalue weighted by molar-refractivity contribution is -0.142. The summed E-state index contributed by atoms with van der Waals surface area (Å²) in [6, 6.07) is -0.959. The van der Waals surface area contributed by atoms with E-state index in [1.54, 1.807) is 0 Å². The predicted octanol–water partition coefficient (Wildman–Crippen LogP) is -1.40. The average molecular weight is 188 g/mol. The molecule has 0 aromatic rings. The van der Waals surface area contributed by atoms with Crippen LogP contribution in [0, 0.1) is 0 Å². The fourth-order valence-corrected chi connectivity index (χ4v) is 1.10. The molecule has 6 heteroatoms. The van der Waals surface area contributed by atoms with E-state index in [2.05, 4.69) is 0 Å². The first-order valence-corrected chi connectivity index (χ1v) is 3.95. The van der Waals surface area contributed by atoms with Crippen LogP contribution in [0.1, 0.15) is 6.42 Å². The van der Waals surface area contributed by atoms with Gasteiger partial charge >= 0.3 is 5.97 Å². The van der Waals surface area contributed by atoms with Crippen LogP contribution in [0.5, 0.6) is 0 Å². The molecule has 1 fully saturated rings. The lowest BCUT2D eigenvalue weighted by Gasteiger charge is -2.17. The van der Waals surface area contributed by atoms with Gasteiger partial charge in [0.25, 0.3) is 0 Å².